The number of benzene rings is 1. The Balaban J connectivity index is 2.91. The summed E-state index contributed by atoms with van der Waals surface area (Å²) < 4.78 is 24.1. The van der Waals surface area contributed by atoms with E-state index in [4.69, 9.17) is 18.6 Å². The molecule has 212 valence electrons. The van der Waals surface area contributed by atoms with Gasteiger partial charge in [0.1, 0.15) is 11.9 Å². The molecule has 6 heteroatoms. The van der Waals surface area contributed by atoms with Crippen LogP contribution in [-0.4, -0.2) is 40.2 Å². The summed E-state index contributed by atoms with van der Waals surface area (Å²) in [6, 6.07) is 7.96. The first-order valence-corrected chi connectivity index (χ1v) is 16.8. The van der Waals surface area contributed by atoms with Crippen molar-refractivity contribution in [1.82, 2.24) is 0 Å². The van der Waals surface area contributed by atoms with Crippen LogP contribution in [0.25, 0.3) is 0 Å². The predicted octanol–water partition coefficient (Wildman–Crippen LogP) is 8.04. The molecule has 0 aliphatic rings. The van der Waals surface area contributed by atoms with Gasteiger partial charge in [-0.3, -0.25) is 4.79 Å². The van der Waals surface area contributed by atoms with Crippen LogP contribution < -0.4 is 4.74 Å². The molecule has 0 spiro atoms. The maximum absolute atomic E-state index is 13.3. The van der Waals surface area contributed by atoms with Crippen LogP contribution in [0, 0.1) is 23.7 Å². The van der Waals surface area contributed by atoms with Crippen molar-refractivity contribution in [3.63, 3.8) is 0 Å². The highest BCUT2D eigenvalue weighted by Gasteiger charge is 2.43. The molecule has 0 amide bonds. The minimum absolute atomic E-state index is 0.0466. The Labute approximate surface area is 228 Å². The quantitative estimate of drug-likeness (QED) is 0.122. The topological polar surface area (TPSA) is 54.0 Å². The van der Waals surface area contributed by atoms with Gasteiger partial charge < -0.3 is 18.6 Å². The highest BCUT2D eigenvalue weighted by atomic mass is 28.4. The first-order chi connectivity index (χ1) is 17.2. The smallest absolute Gasteiger partial charge is 0.311 e. The maximum Gasteiger partial charge on any atom is 0.311 e. The second-order valence-electron chi connectivity index (χ2n) is 12.3. The van der Waals surface area contributed by atoms with Gasteiger partial charge in [0.15, 0.2) is 8.32 Å². The summed E-state index contributed by atoms with van der Waals surface area (Å²) >= 11 is 0. The summed E-state index contributed by atoms with van der Waals surface area (Å²) in [5.74, 6) is 0.915. The summed E-state index contributed by atoms with van der Waals surface area (Å²) in [7, 11) is -0.443. The number of rotatable bonds is 16. The second-order valence-corrected chi connectivity index (χ2v) is 17.0. The van der Waals surface area contributed by atoms with Crippen LogP contribution in [0.1, 0.15) is 73.8 Å². The molecule has 0 aliphatic carbocycles. The summed E-state index contributed by atoms with van der Waals surface area (Å²) in [4.78, 5) is 13.3. The zero-order chi connectivity index (χ0) is 28.4. The Morgan fingerprint density at radius 1 is 1.08 bits per heavy atom. The standard InChI is InChI=1S/C31H54O5Si/c1-13-23(4)28(14-2)35-30(32)25(6)29(36-37(11,12)31(7,8)9)24(5)19-22(3)20-34-21-26-15-17-27(33-10)18-16-26/h13,15-18,22-25,28-29H,1,14,19-21H2,2-12H3/t22-,23-,24+,25-,28-,29+/m1/s1. The molecular weight excluding hydrogens is 480 g/mol. The Kier molecular flexibility index (Phi) is 13.6. The van der Waals surface area contributed by atoms with Gasteiger partial charge in [0.2, 0.25) is 0 Å². The molecule has 0 N–H and O–H groups in total. The fourth-order valence-corrected chi connectivity index (χ4v) is 5.74. The van der Waals surface area contributed by atoms with Crippen molar-refractivity contribution in [2.75, 3.05) is 13.7 Å². The molecule has 0 unspecified atom stereocenters. The maximum atomic E-state index is 13.3. The van der Waals surface area contributed by atoms with Crippen molar-refractivity contribution >= 4 is 14.3 Å². The molecule has 0 saturated carbocycles. The average molecular weight is 535 g/mol. The predicted molar refractivity (Wildman–Crippen MR) is 156 cm³/mol. The van der Waals surface area contributed by atoms with Crippen molar-refractivity contribution < 1.29 is 23.4 Å². The van der Waals surface area contributed by atoms with Crippen molar-refractivity contribution in [3.8, 4) is 5.75 Å². The Morgan fingerprint density at radius 3 is 2.16 bits per heavy atom. The van der Waals surface area contributed by atoms with Gasteiger partial charge in [0, 0.05) is 12.5 Å². The van der Waals surface area contributed by atoms with Gasteiger partial charge in [-0.1, -0.05) is 66.7 Å². The van der Waals surface area contributed by atoms with Gasteiger partial charge in [-0.25, -0.2) is 0 Å². The van der Waals surface area contributed by atoms with Crippen LogP contribution in [0.3, 0.4) is 0 Å². The number of esters is 1. The molecule has 0 heterocycles. The molecule has 1 aromatic rings. The van der Waals surface area contributed by atoms with Gasteiger partial charge >= 0.3 is 5.97 Å². The van der Waals surface area contributed by atoms with E-state index >= 15 is 0 Å². The van der Waals surface area contributed by atoms with Gasteiger partial charge in [-0.15, -0.1) is 6.58 Å². The van der Waals surface area contributed by atoms with Crippen LogP contribution in [0.15, 0.2) is 36.9 Å². The van der Waals surface area contributed by atoms with Crippen molar-refractivity contribution in [3.05, 3.63) is 42.5 Å². The first kappa shape index (κ1) is 33.4. The highest BCUT2D eigenvalue weighted by molar-refractivity contribution is 6.74. The lowest BCUT2D eigenvalue weighted by molar-refractivity contribution is -0.160. The van der Waals surface area contributed by atoms with Crippen molar-refractivity contribution in [2.24, 2.45) is 23.7 Å². The number of hydrogen-bond donors (Lipinski definition) is 0. The van der Waals surface area contributed by atoms with Crippen LogP contribution >= 0.6 is 0 Å². The molecular formula is C31H54O5Si. The van der Waals surface area contributed by atoms with Crippen molar-refractivity contribution in [2.45, 2.75) is 105 Å². The van der Waals surface area contributed by atoms with Crippen LogP contribution in [-0.2, 0) is 25.3 Å². The molecule has 0 aliphatic heterocycles. The zero-order valence-corrected chi connectivity index (χ0v) is 26.4. The Hall–Kier alpha value is -1.63. The number of methoxy groups -OCH3 is 1. The third-order valence-electron chi connectivity index (χ3n) is 7.89. The van der Waals surface area contributed by atoms with Crippen LogP contribution in [0.4, 0.5) is 0 Å². The van der Waals surface area contributed by atoms with E-state index in [1.807, 2.05) is 51.1 Å². The number of carbonyl (C=O) groups excluding carboxylic acids is 1. The number of ether oxygens (including phenoxy) is 3. The number of hydrogen-bond acceptors (Lipinski definition) is 5. The normalized spacial score (nSPS) is 17.3. The number of carbonyl (C=O) groups is 1. The fourth-order valence-electron chi connectivity index (χ4n) is 4.27. The van der Waals surface area contributed by atoms with Gasteiger partial charge in [0.25, 0.3) is 0 Å². The van der Waals surface area contributed by atoms with E-state index in [0.29, 0.717) is 19.1 Å². The minimum Gasteiger partial charge on any atom is -0.497 e. The third-order valence-corrected chi connectivity index (χ3v) is 12.4. The van der Waals surface area contributed by atoms with Gasteiger partial charge in [-0.05, 0) is 67.4 Å². The molecule has 1 rings (SSSR count). The first-order valence-electron chi connectivity index (χ1n) is 13.9. The molecule has 0 bridgehead atoms. The molecule has 0 saturated heterocycles. The van der Waals surface area contributed by atoms with Crippen molar-refractivity contribution in [1.29, 1.82) is 0 Å². The van der Waals surface area contributed by atoms with Gasteiger partial charge in [-0.2, -0.15) is 0 Å². The van der Waals surface area contributed by atoms with Crippen LogP contribution in [0.2, 0.25) is 18.1 Å². The largest absolute Gasteiger partial charge is 0.497 e. The van der Waals surface area contributed by atoms with E-state index in [1.165, 1.54) is 0 Å². The van der Waals surface area contributed by atoms with Crippen LogP contribution in [0.5, 0.6) is 5.75 Å². The molecule has 1 aromatic carbocycles. The van der Waals surface area contributed by atoms with E-state index < -0.39 is 8.32 Å². The van der Waals surface area contributed by atoms with E-state index in [2.05, 4.69) is 54.3 Å². The van der Waals surface area contributed by atoms with E-state index in [1.54, 1.807) is 7.11 Å². The lowest BCUT2D eigenvalue weighted by Gasteiger charge is -2.43. The molecule has 37 heavy (non-hydrogen) atoms. The Bertz CT molecular complexity index is 814. The summed E-state index contributed by atoms with van der Waals surface area (Å²) in [5.41, 5.74) is 1.12. The fraction of sp³-hybridized carbons (Fsp3) is 0.710. The summed E-state index contributed by atoms with van der Waals surface area (Å²) in [6.45, 7) is 26.7. The third kappa shape index (κ3) is 10.6. The lowest BCUT2D eigenvalue weighted by atomic mass is 9.87. The minimum atomic E-state index is -2.11. The second kappa shape index (κ2) is 15.1. The average Bonchev–Trinajstić information content (AvgIpc) is 2.84. The van der Waals surface area contributed by atoms with E-state index in [-0.39, 0.29) is 41.0 Å². The molecule has 0 aromatic heterocycles. The summed E-state index contributed by atoms with van der Waals surface area (Å²) in [6.07, 6.45) is 3.14. The molecule has 0 fully saturated rings. The Morgan fingerprint density at radius 2 is 1.68 bits per heavy atom. The monoisotopic (exact) mass is 534 g/mol. The van der Waals surface area contributed by atoms with Gasteiger partial charge in [0.05, 0.1) is 25.7 Å². The van der Waals surface area contributed by atoms with E-state index in [9.17, 15) is 4.79 Å². The lowest BCUT2D eigenvalue weighted by Crippen LogP contribution is -2.49. The summed E-state index contributed by atoms with van der Waals surface area (Å²) in [5, 5.41) is 0.0466. The molecule has 5 nitrogen and oxygen atoms in total. The molecule has 0 radical (unpaired) electrons. The highest BCUT2D eigenvalue weighted by Crippen LogP contribution is 2.40. The SMILES string of the molecule is C=C[C@@H](C)[C@@H](CC)OC(=O)[C@H](C)[C@@H](O[Si](C)(C)C(C)(C)C)[C@@H](C)C[C@@H](C)COCc1ccc(OC)cc1. The molecule has 6 atom stereocenters. The zero-order valence-electron chi connectivity index (χ0n) is 25.4. The van der Waals surface area contributed by atoms with E-state index in [0.717, 1.165) is 24.2 Å².